The first-order valence-electron chi connectivity index (χ1n) is 5.79. The first-order valence-corrected chi connectivity index (χ1v) is 7.23. The van der Waals surface area contributed by atoms with Crippen molar-refractivity contribution in [2.45, 2.75) is 58.2 Å². The average molecular weight is 250 g/mol. The van der Waals surface area contributed by atoms with E-state index in [4.69, 9.17) is 5.73 Å². The van der Waals surface area contributed by atoms with Gasteiger partial charge in [-0.05, 0) is 34.1 Å². The van der Waals surface area contributed by atoms with Crippen LogP contribution in [0.4, 0.5) is 0 Å². The third kappa shape index (κ3) is 2.76. The largest absolute Gasteiger partial charge is 0.329 e. The topological polar surface area (TPSA) is 63.4 Å². The molecule has 0 aliphatic carbocycles. The van der Waals surface area contributed by atoms with Crippen LogP contribution in [-0.2, 0) is 10.0 Å². The minimum Gasteiger partial charge on any atom is -0.329 e. The van der Waals surface area contributed by atoms with Crippen molar-refractivity contribution in [1.82, 2.24) is 4.31 Å². The number of likely N-dealkylation sites (N-methyl/N-ethyl adjacent to an activating group) is 1. The molecule has 5 heteroatoms. The molecule has 0 bridgehead atoms. The second kappa shape index (κ2) is 5.02. The highest BCUT2D eigenvalue weighted by Crippen LogP contribution is 2.28. The number of hydrogen-bond donors (Lipinski definition) is 1. The standard InChI is InChI=1S/C11H26N2O2S/c1-7-11(6,9-12)13(8-2)16(14,15)10(3,4)5/h7-9,12H2,1-6H3. The SMILES string of the molecule is CCN(C(C)(CC)CN)S(=O)(=O)C(C)(C)C. The van der Waals surface area contributed by atoms with Crippen molar-refractivity contribution < 1.29 is 8.42 Å². The summed E-state index contributed by atoms with van der Waals surface area (Å²) in [6, 6.07) is 0. The van der Waals surface area contributed by atoms with Gasteiger partial charge in [0.15, 0.2) is 0 Å². The summed E-state index contributed by atoms with van der Waals surface area (Å²) in [7, 11) is -3.32. The third-order valence-corrected chi connectivity index (χ3v) is 5.98. The summed E-state index contributed by atoms with van der Waals surface area (Å²) in [6.45, 7) is 11.7. The molecule has 4 nitrogen and oxygen atoms in total. The molecule has 0 aromatic carbocycles. The molecule has 0 saturated heterocycles. The van der Waals surface area contributed by atoms with Gasteiger partial charge in [-0.25, -0.2) is 8.42 Å². The summed E-state index contributed by atoms with van der Waals surface area (Å²) in [6.07, 6.45) is 0.715. The van der Waals surface area contributed by atoms with Crippen LogP contribution in [-0.4, -0.2) is 36.1 Å². The van der Waals surface area contributed by atoms with E-state index in [0.717, 1.165) is 0 Å². The number of rotatable bonds is 5. The Kier molecular flexibility index (Phi) is 4.98. The maximum Gasteiger partial charge on any atom is 0.219 e. The number of sulfonamides is 1. The van der Waals surface area contributed by atoms with Crippen molar-refractivity contribution in [3.63, 3.8) is 0 Å². The molecule has 0 heterocycles. The van der Waals surface area contributed by atoms with Gasteiger partial charge < -0.3 is 5.73 Å². The van der Waals surface area contributed by atoms with Crippen LogP contribution in [0.2, 0.25) is 0 Å². The van der Waals surface area contributed by atoms with E-state index in [1.54, 1.807) is 25.1 Å². The molecule has 0 spiro atoms. The van der Waals surface area contributed by atoms with E-state index >= 15 is 0 Å². The van der Waals surface area contributed by atoms with Crippen molar-refractivity contribution in [3.05, 3.63) is 0 Å². The minimum absolute atomic E-state index is 0.340. The minimum atomic E-state index is -3.32. The normalized spacial score (nSPS) is 17.5. The summed E-state index contributed by atoms with van der Waals surface area (Å²) < 4.78 is 25.6. The lowest BCUT2D eigenvalue weighted by Crippen LogP contribution is -2.57. The second-order valence-electron chi connectivity index (χ2n) is 5.34. The molecule has 0 radical (unpaired) electrons. The van der Waals surface area contributed by atoms with Gasteiger partial charge in [0.2, 0.25) is 10.0 Å². The quantitative estimate of drug-likeness (QED) is 0.805. The van der Waals surface area contributed by atoms with Gasteiger partial charge in [0.1, 0.15) is 0 Å². The van der Waals surface area contributed by atoms with Gasteiger partial charge >= 0.3 is 0 Å². The molecule has 0 aliphatic rings. The van der Waals surface area contributed by atoms with E-state index in [9.17, 15) is 8.42 Å². The maximum absolute atomic E-state index is 12.4. The van der Waals surface area contributed by atoms with Gasteiger partial charge in [0, 0.05) is 18.6 Å². The first kappa shape index (κ1) is 15.9. The molecule has 2 N–H and O–H groups in total. The highest BCUT2D eigenvalue weighted by Gasteiger charge is 2.42. The lowest BCUT2D eigenvalue weighted by atomic mass is 9.99. The molecule has 0 amide bonds. The fourth-order valence-electron chi connectivity index (χ4n) is 1.59. The van der Waals surface area contributed by atoms with Crippen molar-refractivity contribution in [1.29, 1.82) is 0 Å². The summed E-state index contributed by atoms with van der Waals surface area (Å²) in [5, 5.41) is 0. The van der Waals surface area contributed by atoms with Crippen molar-refractivity contribution in [3.8, 4) is 0 Å². The number of hydrogen-bond acceptors (Lipinski definition) is 3. The van der Waals surface area contributed by atoms with Crippen LogP contribution in [0.3, 0.4) is 0 Å². The Hall–Kier alpha value is -0.130. The molecule has 0 aromatic heterocycles. The second-order valence-corrected chi connectivity index (χ2v) is 7.95. The van der Waals surface area contributed by atoms with Gasteiger partial charge in [-0.3, -0.25) is 0 Å². The van der Waals surface area contributed by atoms with Crippen molar-refractivity contribution in [2.75, 3.05) is 13.1 Å². The first-order chi connectivity index (χ1) is 7.06. The molecule has 0 rings (SSSR count). The van der Waals surface area contributed by atoms with E-state index in [1.807, 2.05) is 20.8 Å². The lowest BCUT2D eigenvalue weighted by Gasteiger charge is -2.41. The summed E-state index contributed by atoms with van der Waals surface area (Å²) >= 11 is 0. The maximum atomic E-state index is 12.4. The Balaban J connectivity index is 5.48. The molecule has 1 atom stereocenters. The monoisotopic (exact) mass is 250 g/mol. The summed E-state index contributed by atoms with van der Waals surface area (Å²) in [5.41, 5.74) is 5.24. The zero-order chi connectivity index (χ0) is 13.2. The number of nitrogens with zero attached hydrogens (tertiary/aromatic N) is 1. The van der Waals surface area contributed by atoms with Crippen LogP contribution in [0.15, 0.2) is 0 Å². The highest BCUT2D eigenvalue weighted by atomic mass is 32.2. The van der Waals surface area contributed by atoms with Gasteiger partial charge in [0.05, 0.1) is 4.75 Å². The fourth-order valence-corrected chi connectivity index (χ4v) is 3.38. The Labute approximate surface area is 100 Å². The summed E-state index contributed by atoms with van der Waals surface area (Å²) in [4.78, 5) is 0. The highest BCUT2D eigenvalue weighted by molar-refractivity contribution is 7.90. The molecule has 1 unspecified atom stereocenters. The third-order valence-electron chi connectivity index (χ3n) is 3.15. The van der Waals surface area contributed by atoms with Crippen LogP contribution in [0.5, 0.6) is 0 Å². The Morgan fingerprint density at radius 2 is 1.56 bits per heavy atom. The van der Waals surface area contributed by atoms with Crippen LogP contribution in [0.25, 0.3) is 0 Å². The average Bonchev–Trinajstić information content (AvgIpc) is 2.16. The smallest absolute Gasteiger partial charge is 0.219 e. The molecule has 0 aromatic rings. The summed E-state index contributed by atoms with van der Waals surface area (Å²) in [5.74, 6) is 0. The molecule has 16 heavy (non-hydrogen) atoms. The van der Waals surface area contributed by atoms with E-state index in [1.165, 1.54) is 0 Å². The van der Waals surface area contributed by atoms with Gasteiger partial charge in [-0.1, -0.05) is 13.8 Å². The molecule has 98 valence electrons. The zero-order valence-electron chi connectivity index (χ0n) is 11.4. The van der Waals surface area contributed by atoms with Crippen molar-refractivity contribution >= 4 is 10.0 Å². The van der Waals surface area contributed by atoms with E-state index in [0.29, 0.717) is 19.5 Å². The van der Waals surface area contributed by atoms with Gasteiger partial charge in [-0.15, -0.1) is 0 Å². The number of nitrogens with two attached hydrogens (primary N) is 1. The molecule has 0 saturated carbocycles. The fraction of sp³-hybridized carbons (Fsp3) is 1.00. The lowest BCUT2D eigenvalue weighted by molar-refractivity contribution is 0.209. The van der Waals surface area contributed by atoms with Crippen LogP contribution in [0, 0.1) is 0 Å². The van der Waals surface area contributed by atoms with Gasteiger partial charge in [0.25, 0.3) is 0 Å². The van der Waals surface area contributed by atoms with Crippen LogP contribution in [0.1, 0.15) is 48.0 Å². The zero-order valence-corrected chi connectivity index (χ0v) is 12.2. The molecule has 0 fully saturated rings. The van der Waals surface area contributed by atoms with Gasteiger partial charge in [-0.2, -0.15) is 4.31 Å². The Bertz CT molecular complexity index is 313. The van der Waals surface area contributed by atoms with E-state index in [2.05, 4.69) is 0 Å². The van der Waals surface area contributed by atoms with Crippen molar-refractivity contribution in [2.24, 2.45) is 5.73 Å². The van der Waals surface area contributed by atoms with Crippen LogP contribution >= 0.6 is 0 Å². The Morgan fingerprint density at radius 3 is 1.75 bits per heavy atom. The molecule has 0 aliphatic heterocycles. The predicted octanol–water partition coefficient (Wildman–Crippen LogP) is 1.56. The Morgan fingerprint density at radius 1 is 1.12 bits per heavy atom. The van der Waals surface area contributed by atoms with Crippen LogP contribution < -0.4 is 5.73 Å². The molecular weight excluding hydrogens is 224 g/mol. The molecular formula is C11H26N2O2S. The van der Waals surface area contributed by atoms with E-state index in [-0.39, 0.29) is 0 Å². The van der Waals surface area contributed by atoms with E-state index < -0.39 is 20.3 Å². The predicted molar refractivity (Wildman–Crippen MR) is 68.8 cm³/mol.